The van der Waals surface area contributed by atoms with E-state index >= 15 is 0 Å². The molecule has 7 nitrogen and oxygen atoms in total. The lowest BCUT2D eigenvalue weighted by Crippen LogP contribution is -2.06. The quantitative estimate of drug-likeness (QED) is 0.795. The Hall–Kier alpha value is -2.70. The maximum absolute atomic E-state index is 5.78. The fraction of sp³-hybridized carbons (Fsp3) is 0.412. The number of hydrogen-bond donors (Lipinski definition) is 1. The Morgan fingerprint density at radius 2 is 1.96 bits per heavy atom. The Morgan fingerprint density at radius 1 is 1.17 bits per heavy atom. The highest BCUT2D eigenvalue weighted by Gasteiger charge is 2.77. The average Bonchev–Trinajstić information content (AvgIpc) is 3.28. The molecule has 3 aromatic rings. The van der Waals surface area contributed by atoms with Crippen LogP contribution >= 0.6 is 0 Å². The number of anilines is 1. The van der Waals surface area contributed by atoms with E-state index in [1.807, 2.05) is 24.3 Å². The normalized spacial score (nSPS) is 32.4. The molecule has 2 heterocycles. The first-order chi connectivity index (χ1) is 11.8. The molecule has 1 aromatic carbocycles. The summed E-state index contributed by atoms with van der Waals surface area (Å²) in [6.45, 7) is 0. The van der Waals surface area contributed by atoms with E-state index in [1.54, 1.807) is 4.68 Å². The highest BCUT2D eigenvalue weighted by molar-refractivity contribution is 5.57. The summed E-state index contributed by atoms with van der Waals surface area (Å²) in [5, 5.41) is 8.32. The van der Waals surface area contributed by atoms with Crippen molar-refractivity contribution in [1.29, 1.82) is 0 Å². The number of hydrogen-bond acceptors (Lipinski definition) is 6. The number of benzene rings is 1. The Labute approximate surface area is 137 Å². The SMILES string of the molecule is Nc1ncnn1-c1ccc(-c2noc(C34CC5CC3C4C5)n2)cc1. The highest BCUT2D eigenvalue weighted by atomic mass is 16.5. The zero-order valence-corrected chi connectivity index (χ0v) is 13.0. The van der Waals surface area contributed by atoms with Gasteiger partial charge in [0.1, 0.15) is 6.33 Å². The molecular weight excluding hydrogens is 304 g/mol. The Balaban J connectivity index is 1.32. The first kappa shape index (κ1) is 12.7. The van der Waals surface area contributed by atoms with E-state index in [-0.39, 0.29) is 5.41 Å². The van der Waals surface area contributed by atoms with Crippen molar-refractivity contribution in [2.75, 3.05) is 5.73 Å². The molecule has 4 fully saturated rings. The van der Waals surface area contributed by atoms with Gasteiger partial charge in [-0.2, -0.15) is 19.7 Å². The molecule has 2 aromatic heterocycles. The van der Waals surface area contributed by atoms with E-state index < -0.39 is 0 Å². The summed E-state index contributed by atoms with van der Waals surface area (Å²) < 4.78 is 7.25. The predicted octanol–water partition coefficient (Wildman–Crippen LogP) is 2.20. The molecule has 2 atom stereocenters. The van der Waals surface area contributed by atoms with Gasteiger partial charge in [-0.15, -0.1) is 0 Å². The van der Waals surface area contributed by atoms with E-state index in [2.05, 4.69) is 15.2 Å². The van der Waals surface area contributed by atoms with Crippen molar-refractivity contribution in [2.24, 2.45) is 17.8 Å². The maximum atomic E-state index is 5.78. The molecule has 4 aliphatic rings. The molecule has 2 unspecified atom stereocenters. The van der Waals surface area contributed by atoms with Crippen LogP contribution in [0.2, 0.25) is 0 Å². The summed E-state index contributed by atoms with van der Waals surface area (Å²) in [6, 6.07) is 7.78. The van der Waals surface area contributed by atoms with Gasteiger partial charge in [-0.05, 0) is 61.3 Å². The lowest BCUT2D eigenvalue weighted by Gasteiger charge is -2.03. The number of rotatable bonds is 3. The van der Waals surface area contributed by atoms with Crippen molar-refractivity contribution in [1.82, 2.24) is 24.9 Å². The Morgan fingerprint density at radius 3 is 2.58 bits per heavy atom. The standard InChI is InChI=1S/C17H16N6O/c18-16-19-8-20-23(16)11-3-1-10(2-4-11)14-21-15(24-22-14)17-7-9-5-12(17)13(17)6-9/h1-4,8-9,12-13H,5-7H2,(H2,18,19,20). The van der Waals surface area contributed by atoms with Gasteiger partial charge in [-0.1, -0.05) is 5.16 Å². The largest absolute Gasteiger partial charge is 0.368 e. The Kier molecular flexibility index (Phi) is 2.13. The third kappa shape index (κ3) is 1.43. The van der Waals surface area contributed by atoms with E-state index in [1.165, 1.54) is 25.6 Å². The summed E-state index contributed by atoms with van der Waals surface area (Å²) in [7, 11) is 0. The third-order valence-electron chi connectivity index (χ3n) is 6.27. The summed E-state index contributed by atoms with van der Waals surface area (Å²) in [5.74, 6) is 4.37. The minimum absolute atomic E-state index is 0.227. The van der Waals surface area contributed by atoms with Gasteiger partial charge < -0.3 is 10.3 Å². The smallest absolute Gasteiger partial charge is 0.233 e. The molecule has 4 saturated carbocycles. The minimum atomic E-state index is 0.227. The minimum Gasteiger partial charge on any atom is -0.368 e. The molecule has 24 heavy (non-hydrogen) atoms. The summed E-state index contributed by atoms with van der Waals surface area (Å²) in [4.78, 5) is 8.66. The molecule has 0 amide bonds. The average molecular weight is 320 g/mol. The lowest BCUT2D eigenvalue weighted by atomic mass is 10.0. The van der Waals surface area contributed by atoms with Crippen LogP contribution in [0.15, 0.2) is 35.1 Å². The number of nitrogens with zero attached hydrogens (tertiary/aromatic N) is 5. The second-order valence-corrected chi connectivity index (χ2v) is 7.29. The number of nitrogen functional groups attached to an aromatic ring is 1. The van der Waals surface area contributed by atoms with E-state index in [0.717, 1.165) is 34.9 Å². The topological polar surface area (TPSA) is 95.7 Å². The van der Waals surface area contributed by atoms with Crippen molar-refractivity contribution in [3.05, 3.63) is 36.5 Å². The lowest BCUT2D eigenvalue weighted by molar-refractivity contribution is 0.339. The number of aromatic nitrogens is 5. The van der Waals surface area contributed by atoms with Crippen molar-refractivity contribution < 1.29 is 4.52 Å². The van der Waals surface area contributed by atoms with Crippen LogP contribution < -0.4 is 5.73 Å². The maximum Gasteiger partial charge on any atom is 0.233 e. The summed E-state index contributed by atoms with van der Waals surface area (Å²) in [5.41, 5.74) is 7.80. The van der Waals surface area contributed by atoms with Crippen LogP contribution in [0, 0.1) is 17.8 Å². The fourth-order valence-corrected chi connectivity index (χ4v) is 5.25. The van der Waals surface area contributed by atoms with Crippen molar-refractivity contribution in [3.63, 3.8) is 0 Å². The molecule has 0 spiro atoms. The number of nitrogens with two attached hydrogens (primary N) is 1. The Bertz CT molecular complexity index is 930. The molecule has 4 aliphatic carbocycles. The van der Waals surface area contributed by atoms with Crippen molar-refractivity contribution in [2.45, 2.75) is 24.7 Å². The van der Waals surface area contributed by atoms with Gasteiger partial charge in [0.05, 0.1) is 11.1 Å². The molecule has 4 bridgehead atoms. The van der Waals surface area contributed by atoms with Crippen LogP contribution in [0.25, 0.3) is 17.1 Å². The zero-order chi connectivity index (χ0) is 15.9. The van der Waals surface area contributed by atoms with Crippen LogP contribution in [0.5, 0.6) is 0 Å². The van der Waals surface area contributed by atoms with Gasteiger partial charge >= 0.3 is 0 Å². The molecular formula is C17H16N6O. The summed E-state index contributed by atoms with van der Waals surface area (Å²) in [6.07, 6.45) is 5.40. The van der Waals surface area contributed by atoms with Gasteiger partial charge in [-0.25, -0.2) is 0 Å². The first-order valence-electron chi connectivity index (χ1n) is 8.36. The predicted molar refractivity (Wildman–Crippen MR) is 85.1 cm³/mol. The zero-order valence-electron chi connectivity index (χ0n) is 13.0. The summed E-state index contributed by atoms with van der Waals surface area (Å²) >= 11 is 0. The molecule has 0 saturated heterocycles. The van der Waals surface area contributed by atoms with E-state index in [4.69, 9.17) is 15.2 Å². The molecule has 0 radical (unpaired) electrons. The molecule has 2 N–H and O–H groups in total. The van der Waals surface area contributed by atoms with Crippen LogP contribution in [0.4, 0.5) is 5.95 Å². The first-order valence-corrected chi connectivity index (χ1v) is 8.36. The van der Waals surface area contributed by atoms with Crippen LogP contribution in [-0.4, -0.2) is 24.9 Å². The van der Waals surface area contributed by atoms with Crippen molar-refractivity contribution >= 4 is 5.95 Å². The van der Waals surface area contributed by atoms with Gasteiger partial charge in [-0.3, -0.25) is 0 Å². The van der Waals surface area contributed by atoms with Crippen LogP contribution in [-0.2, 0) is 5.41 Å². The molecule has 7 heteroatoms. The molecule has 7 rings (SSSR count). The van der Waals surface area contributed by atoms with Crippen LogP contribution in [0.3, 0.4) is 0 Å². The fourth-order valence-electron chi connectivity index (χ4n) is 5.25. The van der Waals surface area contributed by atoms with E-state index in [9.17, 15) is 0 Å². The van der Waals surface area contributed by atoms with Crippen LogP contribution in [0.1, 0.15) is 25.2 Å². The van der Waals surface area contributed by atoms with Gasteiger partial charge in [0, 0.05) is 5.56 Å². The third-order valence-corrected chi connectivity index (χ3v) is 6.27. The second-order valence-electron chi connectivity index (χ2n) is 7.29. The van der Waals surface area contributed by atoms with Gasteiger partial charge in [0.2, 0.25) is 17.7 Å². The molecule has 0 aliphatic heterocycles. The van der Waals surface area contributed by atoms with Gasteiger partial charge in [0.25, 0.3) is 0 Å². The highest BCUT2D eigenvalue weighted by Crippen LogP contribution is 2.78. The van der Waals surface area contributed by atoms with Crippen molar-refractivity contribution in [3.8, 4) is 17.1 Å². The monoisotopic (exact) mass is 320 g/mol. The second kappa shape index (κ2) is 4.03. The van der Waals surface area contributed by atoms with E-state index in [0.29, 0.717) is 11.8 Å². The molecule has 120 valence electrons. The van der Waals surface area contributed by atoms with Gasteiger partial charge in [0.15, 0.2) is 0 Å².